The van der Waals surface area contributed by atoms with E-state index in [9.17, 15) is 4.79 Å². The lowest BCUT2D eigenvalue weighted by molar-refractivity contribution is 0.0632. The zero-order chi connectivity index (χ0) is 13.2. The second-order valence-corrected chi connectivity index (χ2v) is 6.22. The molecule has 2 aliphatic rings. The first kappa shape index (κ1) is 13.1. The van der Waals surface area contributed by atoms with Crippen LogP contribution < -0.4 is 0 Å². The first-order valence-electron chi connectivity index (χ1n) is 6.85. The number of rotatable bonds is 3. The van der Waals surface area contributed by atoms with Gasteiger partial charge in [-0.25, -0.2) is 4.98 Å². The van der Waals surface area contributed by atoms with E-state index in [1.54, 1.807) is 18.3 Å². The van der Waals surface area contributed by atoms with Gasteiger partial charge in [0.05, 0.1) is 0 Å². The van der Waals surface area contributed by atoms with Crippen LogP contribution in [0.2, 0.25) is 0 Å². The van der Waals surface area contributed by atoms with Crippen LogP contribution in [0.25, 0.3) is 0 Å². The van der Waals surface area contributed by atoms with Crippen LogP contribution in [0.1, 0.15) is 23.2 Å². The normalized spacial score (nSPS) is 20.6. The topological polar surface area (TPSA) is 36.4 Å². The Balaban J connectivity index is 1.56. The fourth-order valence-corrected chi connectivity index (χ4v) is 2.88. The van der Waals surface area contributed by atoms with Crippen LogP contribution >= 0.6 is 15.9 Å². The summed E-state index contributed by atoms with van der Waals surface area (Å²) in [6.45, 7) is 4.92. The van der Waals surface area contributed by atoms with E-state index in [1.807, 2.05) is 4.90 Å². The molecular weight excluding hydrogens is 306 g/mol. The maximum absolute atomic E-state index is 12.4. The highest BCUT2D eigenvalue weighted by atomic mass is 79.9. The first-order valence-corrected chi connectivity index (χ1v) is 7.65. The van der Waals surface area contributed by atoms with Gasteiger partial charge in [0, 0.05) is 44.5 Å². The van der Waals surface area contributed by atoms with Crippen molar-refractivity contribution in [1.29, 1.82) is 0 Å². The number of piperazine rings is 1. The maximum atomic E-state index is 12.4. The zero-order valence-corrected chi connectivity index (χ0v) is 12.5. The number of halogens is 1. The maximum Gasteiger partial charge on any atom is 0.254 e. The Morgan fingerprint density at radius 1 is 1.32 bits per heavy atom. The van der Waals surface area contributed by atoms with Gasteiger partial charge in [-0.2, -0.15) is 0 Å². The highest BCUT2D eigenvalue weighted by molar-refractivity contribution is 9.10. The number of hydrogen-bond acceptors (Lipinski definition) is 3. The van der Waals surface area contributed by atoms with E-state index in [0.29, 0.717) is 4.60 Å². The van der Waals surface area contributed by atoms with E-state index in [1.165, 1.54) is 19.4 Å². The smallest absolute Gasteiger partial charge is 0.254 e. The van der Waals surface area contributed by atoms with Crippen molar-refractivity contribution in [1.82, 2.24) is 14.8 Å². The third kappa shape index (κ3) is 3.34. The number of carbonyl (C=O) groups excluding carboxylic acids is 1. The number of pyridine rings is 1. The third-order valence-electron chi connectivity index (χ3n) is 3.85. The minimum Gasteiger partial charge on any atom is -0.336 e. The first-order chi connectivity index (χ1) is 9.22. The van der Waals surface area contributed by atoms with Gasteiger partial charge >= 0.3 is 0 Å². The Labute approximate surface area is 121 Å². The predicted molar refractivity (Wildman–Crippen MR) is 77.0 cm³/mol. The molecule has 0 N–H and O–H groups in total. The van der Waals surface area contributed by atoms with Gasteiger partial charge in [-0.05, 0) is 46.8 Å². The predicted octanol–water partition coefficient (Wildman–Crippen LogP) is 2.01. The lowest BCUT2D eigenvalue weighted by atomic mass is 10.2. The molecule has 3 rings (SSSR count). The van der Waals surface area contributed by atoms with E-state index < -0.39 is 0 Å². The highest BCUT2D eigenvalue weighted by Crippen LogP contribution is 2.30. The summed E-state index contributed by atoms with van der Waals surface area (Å²) in [5.74, 6) is 1.05. The van der Waals surface area contributed by atoms with Crippen LogP contribution in [-0.2, 0) is 0 Å². The molecule has 1 saturated carbocycles. The van der Waals surface area contributed by atoms with Gasteiger partial charge in [-0.1, -0.05) is 0 Å². The SMILES string of the molecule is O=C(c1ccnc(Br)c1)N1CCN(CC2CC2)CC1. The fraction of sp³-hybridized carbons (Fsp3) is 0.571. The third-order valence-corrected chi connectivity index (χ3v) is 4.28. The summed E-state index contributed by atoms with van der Waals surface area (Å²) in [7, 11) is 0. The molecule has 2 fully saturated rings. The van der Waals surface area contributed by atoms with Crippen molar-refractivity contribution in [2.45, 2.75) is 12.8 Å². The van der Waals surface area contributed by atoms with Gasteiger partial charge in [0.2, 0.25) is 0 Å². The lowest BCUT2D eigenvalue weighted by Crippen LogP contribution is -2.49. The van der Waals surface area contributed by atoms with Gasteiger partial charge in [0.15, 0.2) is 0 Å². The van der Waals surface area contributed by atoms with Crippen molar-refractivity contribution in [3.63, 3.8) is 0 Å². The quantitative estimate of drug-likeness (QED) is 0.798. The monoisotopic (exact) mass is 323 g/mol. The molecule has 0 unspecified atom stereocenters. The molecule has 5 heteroatoms. The standard InChI is InChI=1S/C14H18BrN3O/c15-13-9-12(3-4-16-13)14(19)18-7-5-17(6-8-18)10-11-1-2-11/h3-4,9,11H,1-2,5-8,10H2. The summed E-state index contributed by atoms with van der Waals surface area (Å²) < 4.78 is 0.714. The molecule has 19 heavy (non-hydrogen) atoms. The van der Waals surface area contributed by atoms with Gasteiger partial charge in [0.25, 0.3) is 5.91 Å². The summed E-state index contributed by atoms with van der Waals surface area (Å²) in [5.41, 5.74) is 0.720. The van der Waals surface area contributed by atoms with E-state index >= 15 is 0 Å². The Morgan fingerprint density at radius 2 is 2.05 bits per heavy atom. The molecule has 0 aromatic carbocycles. The van der Waals surface area contributed by atoms with Gasteiger partial charge in [-0.15, -0.1) is 0 Å². The molecule has 0 bridgehead atoms. The molecule has 0 spiro atoms. The van der Waals surface area contributed by atoms with E-state index in [0.717, 1.165) is 37.7 Å². The van der Waals surface area contributed by atoms with Gasteiger partial charge < -0.3 is 4.90 Å². The van der Waals surface area contributed by atoms with Gasteiger partial charge in [0.1, 0.15) is 4.60 Å². The van der Waals surface area contributed by atoms with Crippen LogP contribution in [0.3, 0.4) is 0 Å². The number of hydrogen-bond donors (Lipinski definition) is 0. The Hall–Kier alpha value is -0.940. The van der Waals surface area contributed by atoms with Crippen molar-refractivity contribution in [3.05, 3.63) is 28.5 Å². The highest BCUT2D eigenvalue weighted by Gasteiger charge is 2.27. The largest absolute Gasteiger partial charge is 0.336 e. The van der Waals surface area contributed by atoms with E-state index in [4.69, 9.17) is 0 Å². The second kappa shape index (κ2) is 5.59. The molecule has 1 aromatic rings. The van der Waals surface area contributed by atoms with Crippen molar-refractivity contribution < 1.29 is 4.79 Å². The minimum absolute atomic E-state index is 0.120. The molecule has 0 atom stereocenters. The van der Waals surface area contributed by atoms with Crippen LogP contribution in [0.5, 0.6) is 0 Å². The number of aromatic nitrogens is 1. The Bertz CT molecular complexity index is 468. The zero-order valence-electron chi connectivity index (χ0n) is 10.9. The van der Waals surface area contributed by atoms with Gasteiger partial charge in [-0.3, -0.25) is 9.69 Å². The van der Waals surface area contributed by atoms with Crippen molar-refractivity contribution in [3.8, 4) is 0 Å². The fourth-order valence-electron chi connectivity index (χ4n) is 2.52. The molecule has 2 heterocycles. The summed E-state index contributed by atoms with van der Waals surface area (Å²) in [6.07, 6.45) is 4.45. The second-order valence-electron chi connectivity index (χ2n) is 5.40. The molecule has 1 aromatic heterocycles. The van der Waals surface area contributed by atoms with Crippen LogP contribution in [0.4, 0.5) is 0 Å². The van der Waals surface area contributed by atoms with Crippen LogP contribution in [0.15, 0.2) is 22.9 Å². The molecular formula is C14H18BrN3O. The lowest BCUT2D eigenvalue weighted by Gasteiger charge is -2.34. The summed E-state index contributed by atoms with van der Waals surface area (Å²) in [5, 5.41) is 0. The number of amides is 1. The Morgan fingerprint density at radius 3 is 2.68 bits per heavy atom. The summed E-state index contributed by atoms with van der Waals surface area (Å²) in [6, 6.07) is 3.57. The number of carbonyl (C=O) groups is 1. The van der Waals surface area contributed by atoms with E-state index in [2.05, 4.69) is 25.8 Å². The van der Waals surface area contributed by atoms with Crippen molar-refractivity contribution in [2.75, 3.05) is 32.7 Å². The average molecular weight is 324 g/mol. The molecule has 4 nitrogen and oxygen atoms in total. The molecule has 1 amide bonds. The van der Waals surface area contributed by atoms with E-state index in [-0.39, 0.29) is 5.91 Å². The Kier molecular flexibility index (Phi) is 3.84. The van der Waals surface area contributed by atoms with Crippen molar-refractivity contribution in [2.24, 2.45) is 5.92 Å². The molecule has 1 saturated heterocycles. The van der Waals surface area contributed by atoms with Crippen molar-refractivity contribution >= 4 is 21.8 Å². The summed E-state index contributed by atoms with van der Waals surface area (Å²) >= 11 is 3.31. The minimum atomic E-state index is 0.120. The molecule has 1 aliphatic carbocycles. The molecule has 0 radical (unpaired) electrons. The molecule has 102 valence electrons. The van der Waals surface area contributed by atoms with Crippen LogP contribution in [-0.4, -0.2) is 53.4 Å². The summed E-state index contributed by atoms with van der Waals surface area (Å²) in [4.78, 5) is 20.8. The van der Waals surface area contributed by atoms with Crippen LogP contribution in [0, 0.1) is 5.92 Å². The average Bonchev–Trinajstić information content (AvgIpc) is 3.23. The number of nitrogens with zero attached hydrogens (tertiary/aromatic N) is 3. The molecule has 1 aliphatic heterocycles.